The Kier molecular flexibility index (Phi) is 5.82. The van der Waals surface area contributed by atoms with Gasteiger partial charge in [-0.2, -0.15) is 13.2 Å². The van der Waals surface area contributed by atoms with Crippen molar-refractivity contribution in [1.82, 2.24) is 4.90 Å². The van der Waals surface area contributed by atoms with Gasteiger partial charge in [0.2, 0.25) is 0 Å². The maximum absolute atomic E-state index is 12.8. The van der Waals surface area contributed by atoms with Crippen molar-refractivity contribution in [2.24, 2.45) is 0 Å². The van der Waals surface area contributed by atoms with Gasteiger partial charge in [-0.05, 0) is 54.3 Å². The summed E-state index contributed by atoms with van der Waals surface area (Å²) in [5.41, 5.74) is 1.76. The van der Waals surface area contributed by atoms with Crippen molar-refractivity contribution in [3.63, 3.8) is 0 Å². The molecule has 1 fully saturated rings. The molecule has 3 rings (SSSR count). The second-order valence-corrected chi connectivity index (χ2v) is 6.66. The van der Waals surface area contributed by atoms with Gasteiger partial charge in [-0.15, -0.1) is 0 Å². The lowest BCUT2D eigenvalue weighted by Crippen LogP contribution is -2.29. The second-order valence-electron chi connectivity index (χ2n) is 6.66. The molecule has 0 bridgehead atoms. The largest absolute Gasteiger partial charge is 0.496 e. The number of methoxy groups -OCH3 is 1. The summed E-state index contributed by atoms with van der Waals surface area (Å²) in [6.07, 6.45) is -3.92. The fourth-order valence-corrected chi connectivity index (χ4v) is 3.48. The monoisotopic (exact) mass is 393 g/mol. The first-order chi connectivity index (χ1) is 13.3. The zero-order chi connectivity index (χ0) is 20.3. The number of likely N-dealkylation sites (tertiary alicyclic amines) is 1. The zero-order valence-electron chi connectivity index (χ0n) is 15.8. The molecule has 1 amide bonds. The third-order valence-corrected chi connectivity index (χ3v) is 4.93. The fourth-order valence-electron chi connectivity index (χ4n) is 3.48. The van der Waals surface area contributed by atoms with Crippen LogP contribution in [0.2, 0.25) is 0 Å². The average molecular weight is 393 g/mol. The van der Waals surface area contributed by atoms with Gasteiger partial charge in [0.05, 0.1) is 19.3 Å². The molecule has 0 saturated carbocycles. The lowest BCUT2D eigenvalue weighted by atomic mass is 9.93. The quantitative estimate of drug-likeness (QED) is 0.705. The van der Waals surface area contributed by atoms with Crippen LogP contribution in [0.5, 0.6) is 5.75 Å². The highest BCUT2D eigenvalue weighted by Gasteiger charge is 2.31. The first-order valence-corrected chi connectivity index (χ1v) is 9.10. The molecule has 0 N–H and O–H groups in total. The molecule has 0 spiro atoms. The Labute approximate surface area is 161 Å². The van der Waals surface area contributed by atoms with Gasteiger partial charge in [-0.25, -0.2) is 4.79 Å². The predicted molar refractivity (Wildman–Crippen MR) is 99.4 cm³/mol. The van der Waals surface area contributed by atoms with Crippen LogP contribution in [-0.2, 0) is 10.9 Å². The number of rotatable bonds is 4. The van der Waals surface area contributed by atoms with Crippen LogP contribution in [0.1, 0.15) is 30.4 Å². The van der Waals surface area contributed by atoms with Gasteiger partial charge in [0.15, 0.2) is 0 Å². The average Bonchev–Trinajstić information content (AvgIpc) is 3.17. The molecule has 1 unspecified atom stereocenters. The lowest BCUT2D eigenvalue weighted by molar-refractivity contribution is -0.137. The number of amides is 1. The normalized spacial score (nSPS) is 16.9. The molecule has 1 aliphatic rings. The Hall–Kier alpha value is -2.70. The number of halogens is 3. The predicted octanol–water partition coefficient (Wildman–Crippen LogP) is 5.33. The second kappa shape index (κ2) is 8.12. The zero-order valence-corrected chi connectivity index (χ0v) is 15.8. The highest BCUT2D eigenvalue weighted by Crippen LogP contribution is 2.37. The van der Waals surface area contributed by atoms with Gasteiger partial charge in [0, 0.05) is 19.0 Å². The number of carbonyl (C=O) groups excluding carboxylic acids is 1. The standard InChI is InChI=1S/C21H22F3NO3/c1-3-28-20(26)25-11-10-16(13-25)18-12-15(6-9-19(18)27-2)14-4-7-17(8-5-14)21(22,23)24/h4-9,12,16H,3,10-11,13H2,1-2H3. The molecule has 150 valence electrons. The Balaban J connectivity index is 1.86. The van der Waals surface area contributed by atoms with E-state index in [-0.39, 0.29) is 12.0 Å². The summed E-state index contributed by atoms with van der Waals surface area (Å²) < 4.78 is 48.9. The van der Waals surface area contributed by atoms with Gasteiger partial charge in [-0.1, -0.05) is 18.2 Å². The maximum atomic E-state index is 12.8. The smallest absolute Gasteiger partial charge is 0.416 e. The summed E-state index contributed by atoms with van der Waals surface area (Å²) in [5, 5.41) is 0. The number of ether oxygens (including phenoxy) is 2. The van der Waals surface area contributed by atoms with Crippen LogP contribution in [-0.4, -0.2) is 37.8 Å². The van der Waals surface area contributed by atoms with Gasteiger partial charge in [-0.3, -0.25) is 0 Å². The lowest BCUT2D eigenvalue weighted by Gasteiger charge is -2.18. The highest BCUT2D eigenvalue weighted by atomic mass is 19.4. The van der Waals surface area contributed by atoms with Crippen LogP contribution in [0.4, 0.5) is 18.0 Å². The number of hydrogen-bond acceptors (Lipinski definition) is 3. The Morgan fingerprint density at radius 2 is 1.82 bits per heavy atom. The van der Waals surface area contributed by atoms with Crippen LogP contribution in [0, 0.1) is 0 Å². The van der Waals surface area contributed by atoms with Gasteiger partial charge in [0.25, 0.3) is 0 Å². The minimum Gasteiger partial charge on any atom is -0.496 e. The van der Waals surface area contributed by atoms with Crippen molar-refractivity contribution in [2.45, 2.75) is 25.4 Å². The summed E-state index contributed by atoms with van der Waals surface area (Å²) in [7, 11) is 1.58. The molecule has 1 atom stereocenters. The van der Waals surface area contributed by atoms with E-state index in [4.69, 9.17) is 9.47 Å². The molecule has 0 radical (unpaired) electrons. The molecule has 1 heterocycles. The van der Waals surface area contributed by atoms with Crippen molar-refractivity contribution in [2.75, 3.05) is 26.8 Å². The van der Waals surface area contributed by atoms with E-state index in [1.165, 1.54) is 12.1 Å². The fraction of sp³-hybridized carbons (Fsp3) is 0.381. The van der Waals surface area contributed by atoms with Gasteiger partial charge >= 0.3 is 12.3 Å². The minimum atomic E-state index is -4.36. The van der Waals surface area contributed by atoms with Gasteiger partial charge < -0.3 is 14.4 Å². The van der Waals surface area contributed by atoms with Crippen LogP contribution in [0.25, 0.3) is 11.1 Å². The van der Waals surface area contributed by atoms with E-state index in [2.05, 4.69) is 0 Å². The van der Waals surface area contributed by atoms with Crippen LogP contribution < -0.4 is 4.74 Å². The van der Waals surface area contributed by atoms with E-state index >= 15 is 0 Å². The number of carbonyl (C=O) groups is 1. The molecule has 2 aromatic carbocycles. The molecule has 1 saturated heterocycles. The number of alkyl halides is 3. The molecule has 1 aliphatic heterocycles. The van der Waals surface area contributed by atoms with Crippen molar-refractivity contribution in [3.05, 3.63) is 53.6 Å². The Bertz CT molecular complexity index is 834. The first kappa shape index (κ1) is 20.0. The van der Waals surface area contributed by atoms with Crippen molar-refractivity contribution >= 4 is 6.09 Å². The Morgan fingerprint density at radius 1 is 1.14 bits per heavy atom. The van der Waals surface area contributed by atoms with Crippen LogP contribution >= 0.6 is 0 Å². The third-order valence-electron chi connectivity index (χ3n) is 4.93. The maximum Gasteiger partial charge on any atom is 0.416 e. The SMILES string of the molecule is CCOC(=O)N1CCC(c2cc(-c3ccc(C(F)(F)F)cc3)ccc2OC)C1. The number of hydrogen-bond donors (Lipinski definition) is 0. The van der Waals surface area contributed by atoms with Gasteiger partial charge in [0.1, 0.15) is 5.75 Å². The third kappa shape index (κ3) is 4.24. The van der Waals surface area contributed by atoms with Crippen molar-refractivity contribution in [1.29, 1.82) is 0 Å². The van der Waals surface area contributed by atoms with Crippen molar-refractivity contribution in [3.8, 4) is 16.9 Å². The number of benzene rings is 2. The summed E-state index contributed by atoms with van der Waals surface area (Å²) in [6, 6.07) is 10.7. The van der Waals surface area contributed by atoms with E-state index in [1.54, 1.807) is 18.9 Å². The molecule has 4 nitrogen and oxygen atoms in total. The summed E-state index contributed by atoms with van der Waals surface area (Å²) in [6.45, 7) is 3.21. The van der Waals surface area contributed by atoms with Crippen molar-refractivity contribution < 1.29 is 27.4 Å². The highest BCUT2D eigenvalue weighted by molar-refractivity contribution is 5.69. The summed E-state index contributed by atoms with van der Waals surface area (Å²) in [4.78, 5) is 13.6. The molecular weight excluding hydrogens is 371 g/mol. The van der Waals surface area contributed by atoms with E-state index in [0.717, 1.165) is 29.7 Å². The topological polar surface area (TPSA) is 38.8 Å². The summed E-state index contributed by atoms with van der Waals surface area (Å²) in [5.74, 6) is 0.778. The summed E-state index contributed by atoms with van der Waals surface area (Å²) >= 11 is 0. The van der Waals surface area contributed by atoms with E-state index in [9.17, 15) is 18.0 Å². The molecule has 0 aliphatic carbocycles. The molecule has 7 heteroatoms. The minimum absolute atomic E-state index is 0.0776. The van der Waals surface area contributed by atoms with Crippen LogP contribution in [0.3, 0.4) is 0 Å². The molecule has 2 aromatic rings. The molecule has 0 aromatic heterocycles. The van der Waals surface area contributed by atoms with E-state index in [0.29, 0.717) is 31.0 Å². The molecular formula is C21H22F3NO3. The number of nitrogens with zero attached hydrogens (tertiary/aromatic N) is 1. The van der Waals surface area contributed by atoms with Crippen LogP contribution in [0.15, 0.2) is 42.5 Å². The Morgan fingerprint density at radius 3 is 2.43 bits per heavy atom. The molecule has 28 heavy (non-hydrogen) atoms. The van der Waals surface area contributed by atoms with E-state index < -0.39 is 11.7 Å². The van der Waals surface area contributed by atoms with E-state index in [1.807, 2.05) is 18.2 Å². The first-order valence-electron chi connectivity index (χ1n) is 9.10.